The maximum atomic E-state index is 10.9. The highest BCUT2D eigenvalue weighted by molar-refractivity contribution is 8.07. The lowest BCUT2D eigenvalue weighted by Crippen LogP contribution is -2.04. The number of hydrogen-bond donors (Lipinski definition) is 1. The molecule has 0 saturated heterocycles. The van der Waals surface area contributed by atoms with Crippen LogP contribution in [0.2, 0.25) is 0 Å². The van der Waals surface area contributed by atoms with Gasteiger partial charge in [-0.15, -0.1) is 0 Å². The zero-order valence-electron chi connectivity index (χ0n) is 9.93. The van der Waals surface area contributed by atoms with E-state index in [-0.39, 0.29) is 5.75 Å². The van der Waals surface area contributed by atoms with Gasteiger partial charge in [-0.2, -0.15) is 0 Å². The van der Waals surface area contributed by atoms with Gasteiger partial charge in [-0.05, 0) is 6.07 Å². The van der Waals surface area contributed by atoms with Gasteiger partial charge in [-0.3, -0.25) is 10.1 Å². The fourth-order valence-corrected chi connectivity index (χ4v) is 2.11. The molecule has 104 valence electrons. The van der Waals surface area contributed by atoms with E-state index in [0.717, 1.165) is 12.1 Å². The lowest BCUT2D eigenvalue weighted by Gasteiger charge is -2.18. The monoisotopic (exact) mass is 307 g/mol. The van der Waals surface area contributed by atoms with Gasteiger partial charge in [0.1, 0.15) is 11.3 Å². The van der Waals surface area contributed by atoms with Gasteiger partial charge in [-0.25, -0.2) is 4.79 Å². The van der Waals surface area contributed by atoms with Crippen molar-refractivity contribution in [2.75, 3.05) is 14.2 Å². The predicted molar refractivity (Wildman–Crippen MR) is 69.0 cm³/mol. The first-order valence-electron chi connectivity index (χ1n) is 4.76. The highest BCUT2D eigenvalue weighted by Crippen LogP contribution is 2.48. The molecule has 1 N–H and O–H groups in total. The molecule has 8 nitrogen and oxygen atoms in total. The van der Waals surface area contributed by atoms with E-state index in [1.807, 2.05) is 0 Å². The third-order valence-electron chi connectivity index (χ3n) is 2.06. The third-order valence-corrected chi connectivity index (χ3v) is 4.51. The van der Waals surface area contributed by atoms with Crippen LogP contribution < -0.4 is 4.52 Å². The summed E-state index contributed by atoms with van der Waals surface area (Å²) >= 11 is 4.94. The number of aromatic carboxylic acids is 1. The van der Waals surface area contributed by atoms with Crippen LogP contribution in [0, 0.1) is 10.1 Å². The van der Waals surface area contributed by atoms with Crippen molar-refractivity contribution in [1.29, 1.82) is 0 Å². The van der Waals surface area contributed by atoms with E-state index in [4.69, 9.17) is 30.5 Å². The summed E-state index contributed by atoms with van der Waals surface area (Å²) in [6.45, 7) is -3.02. The number of rotatable bonds is 6. The fraction of sp³-hybridized carbons (Fsp3) is 0.222. The zero-order chi connectivity index (χ0) is 14.6. The molecule has 1 aromatic rings. The Labute approximate surface area is 113 Å². The second kappa shape index (κ2) is 6.07. The number of carboxylic acid groups (broad SMARTS) is 1. The highest BCUT2D eigenvalue weighted by Gasteiger charge is 2.24. The van der Waals surface area contributed by atoms with Crippen LogP contribution in [0.5, 0.6) is 5.75 Å². The zero-order valence-corrected chi connectivity index (χ0v) is 11.6. The number of carbonyl (C=O) groups is 1. The Balaban J connectivity index is 3.20. The molecule has 0 aromatic heterocycles. The van der Waals surface area contributed by atoms with Gasteiger partial charge in [0.15, 0.2) is 0 Å². The average molecular weight is 307 g/mol. The van der Waals surface area contributed by atoms with Gasteiger partial charge in [0, 0.05) is 38.2 Å². The molecule has 19 heavy (non-hydrogen) atoms. The summed E-state index contributed by atoms with van der Waals surface area (Å²) in [5.74, 6) is -1.42. The van der Waals surface area contributed by atoms with E-state index in [2.05, 4.69) is 0 Å². The second-order valence-electron chi connectivity index (χ2n) is 3.14. The molecule has 0 aliphatic heterocycles. The summed E-state index contributed by atoms with van der Waals surface area (Å²) in [4.78, 5) is 20.8. The topological polar surface area (TPSA) is 108 Å². The van der Waals surface area contributed by atoms with Crippen LogP contribution in [0.15, 0.2) is 18.2 Å². The van der Waals surface area contributed by atoms with Gasteiger partial charge in [0.25, 0.3) is 5.69 Å². The quantitative estimate of drug-likeness (QED) is 0.484. The standard InChI is InChI=1S/C9H10NO7PS/c1-15-18(19,16-2)17-6-3-4-8(10(13)14)7(5-6)9(11)12/h3-5H,1-2H3,(H,11,12). The van der Waals surface area contributed by atoms with E-state index in [0.29, 0.717) is 0 Å². The predicted octanol–water partition coefficient (Wildman–Crippen LogP) is 2.19. The molecule has 0 radical (unpaired) electrons. The number of nitrogens with zero attached hydrogens (tertiary/aromatic N) is 1. The van der Waals surface area contributed by atoms with E-state index in [1.165, 1.54) is 20.3 Å². The first-order valence-corrected chi connectivity index (χ1v) is 7.31. The van der Waals surface area contributed by atoms with Gasteiger partial charge >= 0.3 is 12.7 Å². The summed E-state index contributed by atoms with van der Waals surface area (Å²) in [5.41, 5.74) is -1.04. The number of nitro benzene ring substituents is 1. The highest BCUT2D eigenvalue weighted by atomic mass is 32.5. The Morgan fingerprint density at radius 1 is 1.42 bits per heavy atom. The van der Waals surface area contributed by atoms with E-state index >= 15 is 0 Å². The van der Waals surface area contributed by atoms with Crippen molar-refractivity contribution in [3.8, 4) is 5.75 Å². The van der Waals surface area contributed by atoms with Crippen molar-refractivity contribution in [1.82, 2.24) is 0 Å². The van der Waals surface area contributed by atoms with Crippen LogP contribution in [-0.2, 0) is 20.9 Å². The summed E-state index contributed by atoms with van der Waals surface area (Å²) in [6, 6.07) is 3.24. The lowest BCUT2D eigenvalue weighted by molar-refractivity contribution is -0.385. The largest absolute Gasteiger partial charge is 0.477 e. The first kappa shape index (κ1) is 15.5. The minimum absolute atomic E-state index is 0.0232. The molecule has 1 rings (SSSR count). The molecule has 0 unspecified atom stereocenters. The molecule has 0 aliphatic rings. The average Bonchev–Trinajstić information content (AvgIpc) is 2.38. The molecule has 10 heteroatoms. The Hall–Kier alpha value is -1.54. The fourth-order valence-electron chi connectivity index (χ4n) is 1.18. The minimum Gasteiger partial charge on any atom is -0.477 e. The molecule has 0 amide bonds. The van der Waals surface area contributed by atoms with Gasteiger partial charge < -0.3 is 18.7 Å². The van der Waals surface area contributed by atoms with Crippen LogP contribution in [-0.4, -0.2) is 30.2 Å². The van der Waals surface area contributed by atoms with Crippen molar-refractivity contribution in [2.45, 2.75) is 0 Å². The van der Waals surface area contributed by atoms with E-state index in [9.17, 15) is 14.9 Å². The van der Waals surface area contributed by atoms with Gasteiger partial charge in [-0.1, -0.05) is 0 Å². The van der Waals surface area contributed by atoms with Gasteiger partial charge in [0.2, 0.25) is 0 Å². The summed E-state index contributed by atoms with van der Waals surface area (Å²) in [7, 11) is 2.57. The van der Waals surface area contributed by atoms with Crippen LogP contribution >= 0.6 is 6.72 Å². The van der Waals surface area contributed by atoms with Crippen LogP contribution in [0.3, 0.4) is 0 Å². The van der Waals surface area contributed by atoms with Crippen molar-refractivity contribution >= 4 is 30.2 Å². The third kappa shape index (κ3) is 3.71. The van der Waals surface area contributed by atoms with Crippen molar-refractivity contribution in [3.05, 3.63) is 33.9 Å². The molecular weight excluding hydrogens is 297 g/mol. The van der Waals surface area contributed by atoms with E-state index < -0.39 is 28.9 Å². The van der Waals surface area contributed by atoms with Gasteiger partial charge in [0.05, 0.1) is 4.92 Å². The van der Waals surface area contributed by atoms with Crippen LogP contribution in [0.1, 0.15) is 10.4 Å². The Morgan fingerprint density at radius 3 is 2.42 bits per heavy atom. The Kier molecular flexibility index (Phi) is 4.96. The molecule has 0 saturated carbocycles. The molecule has 0 atom stereocenters. The maximum absolute atomic E-state index is 10.9. The Morgan fingerprint density at radius 2 is 2.00 bits per heavy atom. The number of hydrogen-bond acceptors (Lipinski definition) is 7. The van der Waals surface area contributed by atoms with Crippen molar-refractivity contribution in [3.63, 3.8) is 0 Å². The number of nitro groups is 1. The van der Waals surface area contributed by atoms with Crippen LogP contribution in [0.25, 0.3) is 0 Å². The molecule has 0 heterocycles. The molecular formula is C9H10NO7PS. The molecule has 1 aromatic carbocycles. The second-order valence-corrected chi connectivity index (χ2v) is 6.29. The van der Waals surface area contributed by atoms with E-state index in [1.54, 1.807) is 0 Å². The normalized spacial score (nSPS) is 11.1. The van der Waals surface area contributed by atoms with Crippen molar-refractivity contribution in [2.24, 2.45) is 0 Å². The first-order chi connectivity index (χ1) is 8.83. The minimum atomic E-state index is -3.02. The van der Waals surface area contributed by atoms with Crippen molar-refractivity contribution < 1.29 is 28.4 Å². The maximum Gasteiger partial charge on any atom is 0.380 e. The smallest absolute Gasteiger partial charge is 0.380 e. The summed E-state index contributed by atoms with van der Waals surface area (Å²) in [5, 5.41) is 19.6. The SMILES string of the molecule is COP(=S)(OC)Oc1ccc([N+](=O)[O-])c(C(=O)O)c1. The molecule has 0 bridgehead atoms. The van der Waals surface area contributed by atoms with Crippen LogP contribution in [0.4, 0.5) is 5.69 Å². The molecule has 0 spiro atoms. The number of benzene rings is 1. The Bertz CT molecular complexity index is 553. The summed E-state index contributed by atoms with van der Waals surface area (Å²) in [6.07, 6.45) is 0. The number of carboxylic acids is 1. The molecule has 0 fully saturated rings. The summed E-state index contributed by atoms with van der Waals surface area (Å²) < 4.78 is 15.0. The molecule has 0 aliphatic carbocycles. The lowest BCUT2D eigenvalue weighted by atomic mass is 10.2.